The summed E-state index contributed by atoms with van der Waals surface area (Å²) in [6.45, 7) is 4.21. The lowest BCUT2D eigenvalue weighted by molar-refractivity contribution is -0.117. The van der Waals surface area contributed by atoms with Crippen molar-refractivity contribution in [1.82, 2.24) is 10.2 Å². The summed E-state index contributed by atoms with van der Waals surface area (Å²) in [4.78, 5) is 27.9. The Morgan fingerprint density at radius 3 is 2.76 bits per heavy atom. The molecule has 2 aromatic carbocycles. The van der Waals surface area contributed by atoms with Gasteiger partial charge in [0.05, 0.1) is 7.11 Å². The van der Waals surface area contributed by atoms with E-state index in [0.717, 1.165) is 42.1 Å². The molecule has 2 amide bonds. The van der Waals surface area contributed by atoms with E-state index in [1.807, 2.05) is 49.4 Å². The van der Waals surface area contributed by atoms with E-state index < -0.39 is 0 Å². The summed E-state index contributed by atoms with van der Waals surface area (Å²) in [5, 5.41) is 5.97. The van der Waals surface area contributed by atoms with Gasteiger partial charge >= 0.3 is 0 Å². The fourth-order valence-corrected chi connectivity index (χ4v) is 4.30. The predicted octanol–water partition coefficient (Wildman–Crippen LogP) is 4.35. The minimum absolute atomic E-state index is 0.129. The van der Waals surface area contributed by atoms with Crippen molar-refractivity contribution in [3.8, 4) is 0 Å². The Balaban J connectivity index is 1.39. The quantitative estimate of drug-likeness (QED) is 0.677. The van der Waals surface area contributed by atoms with Gasteiger partial charge in [-0.05, 0) is 85.5 Å². The van der Waals surface area contributed by atoms with E-state index in [1.54, 1.807) is 13.2 Å². The van der Waals surface area contributed by atoms with Gasteiger partial charge in [0, 0.05) is 36.5 Å². The van der Waals surface area contributed by atoms with Crippen LogP contribution in [0.25, 0.3) is 0 Å². The summed E-state index contributed by atoms with van der Waals surface area (Å²) in [6.07, 6.45) is 7.23. The molecule has 0 fully saturated rings. The molecule has 1 heterocycles. The highest BCUT2D eigenvalue weighted by atomic mass is 16.5. The monoisotopic (exact) mass is 457 g/mol. The molecule has 176 valence electrons. The summed E-state index contributed by atoms with van der Waals surface area (Å²) in [7, 11) is 3.73. The van der Waals surface area contributed by atoms with Crippen LogP contribution >= 0.6 is 0 Å². The van der Waals surface area contributed by atoms with E-state index >= 15 is 0 Å². The van der Waals surface area contributed by atoms with Gasteiger partial charge in [0.15, 0.2) is 0 Å². The number of likely N-dealkylation sites (N-methyl/N-ethyl adjacent to an activating group) is 1. The zero-order chi connectivity index (χ0) is 24.1. The average molecular weight is 458 g/mol. The number of fused-ring (bicyclic) bond motifs is 1. The molecule has 0 atom stereocenters. The number of amides is 2. The number of hydrogen-bond acceptors (Lipinski definition) is 4. The fraction of sp³-hybridized carbons (Fsp3) is 0.286. The highest BCUT2D eigenvalue weighted by molar-refractivity contribution is 6.04. The molecule has 6 heteroatoms. The second kappa shape index (κ2) is 10.5. The lowest BCUT2D eigenvalue weighted by Crippen LogP contribution is -2.26. The number of anilines is 1. The van der Waals surface area contributed by atoms with E-state index in [0.29, 0.717) is 24.1 Å². The van der Waals surface area contributed by atoms with E-state index in [2.05, 4.69) is 34.7 Å². The van der Waals surface area contributed by atoms with Gasteiger partial charge < -0.3 is 20.3 Å². The van der Waals surface area contributed by atoms with Gasteiger partial charge in [-0.2, -0.15) is 0 Å². The molecule has 4 rings (SSSR count). The molecule has 1 aliphatic carbocycles. The van der Waals surface area contributed by atoms with Crippen LogP contribution in [0.2, 0.25) is 0 Å². The van der Waals surface area contributed by atoms with Crippen molar-refractivity contribution in [1.29, 1.82) is 0 Å². The van der Waals surface area contributed by atoms with Crippen LogP contribution in [0.3, 0.4) is 0 Å². The van der Waals surface area contributed by atoms with Gasteiger partial charge in [0.25, 0.3) is 5.91 Å². The second-order valence-corrected chi connectivity index (χ2v) is 8.84. The van der Waals surface area contributed by atoms with Crippen LogP contribution < -0.4 is 10.6 Å². The maximum atomic E-state index is 12.9. The number of allylic oxidation sites excluding steroid dienone is 4. The first-order chi connectivity index (χ1) is 16.4. The van der Waals surface area contributed by atoms with E-state index in [9.17, 15) is 9.59 Å². The largest absolute Gasteiger partial charge is 0.497 e. The van der Waals surface area contributed by atoms with Crippen LogP contribution in [0.5, 0.6) is 0 Å². The van der Waals surface area contributed by atoms with Crippen molar-refractivity contribution >= 4 is 17.5 Å². The zero-order valence-corrected chi connectivity index (χ0v) is 20.0. The molecule has 2 aromatic rings. The van der Waals surface area contributed by atoms with Crippen molar-refractivity contribution in [3.05, 3.63) is 99.9 Å². The molecule has 2 N–H and O–H groups in total. The average Bonchev–Trinajstić information content (AvgIpc) is 3.03. The van der Waals surface area contributed by atoms with Crippen molar-refractivity contribution in [3.63, 3.8) is 0 Å². The van der Waals surface area contributed by atoms with Gasteiger partial charge in [-0.25, -0.2) is 0 Å². The lowest BCUT2D eigenvalue weighted by Gasteiger charge is -2.25. The molecule has 0 saturated carbocycles. The molecule has 0 aromatic heterocycles. The number of carbonyl (C=O) groups excluding carboxylic acids is 2. The highest BCUT2D eigenvalue weighted by Crippen LogP contribution is 2.23. The topological polar surface area (TPSA) is 70.7 Å². The summed E-state index contributed by atoms with van der Waals surface area (Å²) >= 11 is 0. The molecule has 2 aliphatic rings. The standard InChI is InChI=1S/C28H31N3O3/c1-19-14-22(8-5-9-26(19)34-3)27(32)29-17-20-6-4-7-23(15-20)28(33)30-25-11-10-21-12-13-31(2)18-24(21)16-25/h4-7,9-11,14-16H,8,12-13,17-18H2,1-3H3,(H,29,32)(H,30,33). The number of hydrogen-bond donors (Lipinski definition) is 2. The van der Waals surface area contributed by atoms with Crippen molar-refractivity contribution in [2.75, 3.05) is 26.0 Å². The van der Waals surface area contributed by atoms with Crippen LogP contribution in [0.4, 0.5) is 5.69 Å². The maximum Gasteiger partial charge on any atom is 0.255 e. The first-order valence-electron chi connectivity index (χ1n) is 11.5. The number of rotatable bonds is 6. The van der Waals surface area contributed by atoms with Crippen LogP contribution in [-0.2, 0) is 29.0 Å². The predicted molar refractivity (Wildman–Crippen MR) is 134 cm³/mol. The van der Waals surface area contributed by atoms with E-state index in [-0.39, 0.29) is 11.8 Å². The van der Waals surface area contributed by atoms with E-state index in [4.69, 9.17) is 4.74 Å². The van der Waals surface area contributed by atoms with Gasteiger partial charge in [-0.3, -0.25) is 9.59 Å². The highest BCUT2D eigenvalue weighted by Gasteiger charge is 2.15. The molecular formula is C28H31N3O3. The second-order valence-electron chi connectivity index (χ2n) is 8.84. The summed E-state index contributed by atoms with van der Waals surface area (Å²) < 4.78 is 5.33. The molecule has 1 aliphatic heterocycles. The molecule has 0 spiro atoms. The summed E-state index contributed by atoms with van der Waals surface area (Å²) in [5.41, 5.74) is 6.40. The fourth-order valence-electron chi connectivity index (χ4n) is 4.30. The number of carbonyl (C=O) groups is 2. The Hall–Kier alpha value is -3.64. The molecule has 0 bridgehead atoms. The van der Waals surface area contributed by atoms with Gasteiger partial charge in [-0.15, -0.1) is 0 Å². The Morgan fingerprint density at radius 1 is 1.09 bits per heavy atom. The Morgan fingerprint density at radius 2 is 1.94 bits per heavy atom. The third-order valence-corrected chi connectivity index (χ3v) is 6.21. The first-order valence-corrected chi connectivity index (χ1v) is 11.5. The molecular weight excluding hydrogens is 426 g/mol. The van der Waals surface area contributed by atoms with E-state index in [1.165, 1.54) is 11.1 Å². The normalized spacial score (nSPS) is 15.8. The van der Waals surface area contributed by atoms with Gasteiger partial charge in [0.1, 0.15) is 5.76 Å². The number of methoxy groups -OCH3 is 1. The Bertz CT molecular complexity index is 1190. The number of benzene rings is 2. The zero-order valence-electron chi connectivity index (χ0n) is 20.0. The molecule has 34 heavy (non-hydrogen) atoms. The molecule has 0 saturated heterocycles. The minimum atomic E-state index is -0.165. The Kier molecular flexibility index (Phi) is 7.28. The summed E-state index contributed by atoms with van der Waals surface area (Å²) in [5.74, 6) is 0.462. The Labute approximate surface area is 201 Å². The van der Waals surface area contributed by atoms with Crippen molar-refractivity contribution < 1.29 is 14.3 Å². The SMILES string of the molecule is COC1=C(C)C=C(C(=O)NCc2cccc(C(=O)Nc3ccc4c(c3)CN(C)CC4)c2)CC=C1. The minimum Gasteiger partial charge on any atom is -0.497 e. The van der Waals surface area contributed by atoms with Crippen LogP contribution in [-0.4, -0.2) is 37.4 Å². The van der Waals surface area contributed by atoms with Gasteiger partial charge in [0.2, 0.25) is 5.91 Å². The third kappa shape index (κ3) is 5.64. The first kappa shape index (κ1) is 23.5. The van der Waals surface area contributed by atoms with Crippen molar-refractivity contribution in [2.45, 2.75) is 32.9 Å². The van der Waals surface area contributed by atoms with Crippen LogP contribution in [0.1, 0.15) is 40.4 Å². The molecule has 0 radical (unpaired) electrons. The van der Waals surface area contributed by atoms with Crippen molar-refractivity contribution in [2.24, 2.45) is 0 Å². The summed E-state index contributed by atoms with van der Waals surface area (Å²) in [6, 6.07) is 13.5. The number of nitrogens with zero attached hydrogens (tertiary/aromatic N) is 1. The van der Waals surface area contributed by atoms with Gasteiger partial charge in [-0.1, -0.05) is 24.3 Å². The molecule has 6 nitrogen and oxygen atoms in total. The lowest BCUT2D eigenvalue weighted by atomic mass is 9.99. The smallest absolute Gasteiger partial charge is 0.255 e. The number of ether oxygens (including phenoxy) is 1. The number of nitrogens with one attached hydrogen (secondary N) is 2. The maximum absolute atomic E-state index is 12.9. The van der Waals surface area contributed by atoms with Crippen LogP contribution in [0, 0.1) is 0 Å². The third-order valence-electron chi connectivity index (χ3n) is 6.21. The van der Waals surface area contributed by atoms with Crippen LogP contribution in [0.15, 0.2) is 77.6 Å². The molecule has 0 unspecified atom stereocenters.